The first-order valence-corrected chi connectivity index (χ1v) is 10.0. The van der Waals surface area contributed by atoms with E-state index in [2.05, 4.69) is 5.32 Å². The lowest BCUT2D eigenvalue weighted by molar-refractivity contribution is -0.119. The smallest absolute Gasteiger partial charge is 0.349 e. The van der Waals surface area contributed by atoms with Crippen molar-refractivity contribution in [1.82, 2.24) is 0 Å². The molecule has 26 heavy (non-hydrogen) atoms. The molecule has 6 heteroatoms. The number of amides is 1. The highest BCUT2D eigenvalue weighted by atomic mass is 32.2. The first kappa shape index (κ1) is 18.2. The zero-order chi connectivity index (χ0) is 18.4. The Hall–Kier alpha value is -2.57. The minimum Gasteiger partial charge on any atom is -0.451 e. The van der Waals surface area contributed by atoms with Crippen molar-refractivity contribution in [3.63, 3.8) is 0 Å². The van der Waals surface area contributed by atoms with Crippen LogP contribution in [-0.4, -0.2) is 24.7 Å². The second-order valence-corrected chi connectivity index (χ2v) is 7.12. The summed E-state index contributed by atoms with van der Waals surface area (Å²) in [5.74, 6) is -0.857. The maximum Gasteiger partial charge on any atom is 0.349 e. The quantitative estimate of drug-likeness (QED) is 0.484. The Morgan fingerprint density at radius 2 is 1.77 bits per heavy atom. The number of nitrogens with one attached hydrogen (secondary N) is 1. The summed E-state index contributed by atoms with van der Waals surface area (Å²) in [4.78, 5) is 25.9. The van der Waals surface area contributed by atoms with Crippen molar-refractivity contribution in [1.29, 1.82) is 0 Å². The van der Waals surface area contributed by atoms with Gasteiger partial charge in [-0.2, -0.15) is 0 Å². The number of rotatable bonds is 6. The molecule has 1 aromatic heterocycles. The lowest BCUT2D eigenvalue weighted by Crippen LogP contribution is -2.21. The van der Waals surface area contributed by atoms with Crippen LogP contribution < -0.4 is 5.32 Å². The summed E-state index contributed by atoms with van der Waals surface area (Å²) in [6, 6.07) is 19.0. The van der Waals surface area contributed by atoms with Gasteiger partial charge in [0.2, 0.25) is 0 Å². The number of hydrogen-bond donors (Lipinski definition) is 1. The highest BCUT2D eigenvalue weighted by molar-refractivity contribution is 7.98. The predicted molar refractivity (Wildman–Crippen MR) is 107 cm³/mol. The molecule has 0 fully saturated rings. The molecule has 4 nitrogen and oxygen atoms in total. The van der Waals surface area contributed by atoms with E-state index in [4.69, 9.17) is 4.74 Å². The molecule has 1 N–H and O–H groups in total. The molecule has 3 aromatic rings. The summed E-state index contributed by atoms with van der Waals surface area (Å²) in [6.07, 6.45) is 1.94. The Morgan fingerprint density at radius 1 is 1.04 bits per heavy atom. The van der Waals surface area contributed by atoms with Gasteiger partial charge in [-0.25, -0.2) is 4.79 Å². The van der Waals surface area contributed by atoms with E-state index >= 15 is 0 Å². The van der Waals surface area contributed by atoms with Crippen LogP contribution in [0.4, 0.5) is 5.69 Å². The highest BCUT2D eigenvalue weighted by Gasteiger charge is 2.17. The number of hydrogen-bond acceptors (Lipinski definition) is 5. The average Bonchev–Trinajstić information content (AvgIpc) is 3.17. The number of thioether (sulfide) groups is 1. The van der Waals surface area contributed by atoms with Gasteiger partial charge in [-0.15, -0.1) is 23.1 Å². The summed E-state index contributed by atoms with van der Waals surface area (Å²) < 4.78 is 5.21. The van der Waals surface area contributed by atoms with Crippen LogP contribution in [0.1, 0.15) is 9.67 Å². The monoisotopic (exact) mass is 383 g/mol. The molecule has 0 saturated carbocycles. The van der Waals surface area contributed by atoms with Gasteiger partial charge in [0, 0.05) is 10.5 Å². The van der Waals surface area contributed by atoms with Crippen LogP contribution in [0, 0.1) is 0 Å². The number of ether oxygens (including phenoxy) is 1. The third-order valence-electron chi connectivity index (χ3n) is 3.65. The molecular formula is C20H17NO3S2. The Labute approximate surface area is 160 Å². The van der Waals surface area contributed by atoms with Crippen LogP contribution in [0.25, 0.3) is 11.1 Å². The number of carbonyl (C=O) groups is 2. The number of esters is 1. The zero-order valence-corrected chi connectivity index (χ0v) is 15.7. The fourth-order valence-electron chi connectivity index (χ4n) is 2.44. The molecule has 1 amide bonds. The van der Waals surface area contributed by atoms with Crippen molar-refractivity contribution < 1.29 is 14.3 Å². The summed E-state index contributed by atoms with van der Waals surface area (Å²) in [6.45, 7) is -0.326. The molecule has 0 atom stereocenters. The Kier molecular flexibility index (Phi) is 6.09. The van der Waals surface area contributed by atoms with Crippen LogP contribution in [0.2, 0.25) is 0 Å². The van der Waals surface area contributed by atoms with E-state index in [1.54, 1.807) is 0 Å². The van der Waals surface area contributed by atoms with E-state index in [1.807, 2.05) is 72.3 Å². The fourth-order valence-corrected chi connectivity index (χ4v) is 3.81. The molecule has 0 aliphatic carbocycles. The number of anilines is 1. The topological polar surface area (TPSA) is 55.4 Å². The normalized spacial score (nSPS) is 10.3. The molecule has 0 bridgehead atoms. The predicted octanol–water partition coefficient (Wildman–Crippen LogP) is 4.93. The van der Waals surface area contributed by atoms with Crippen LogP contribution in [-0.2, 0) is 9.53 Å². The minimum atomic E-state index is -0.493. The highest BCUT2D eigenvalue weighted by Crippen LogP contribution is 2.29. The molecule has 132 valence electrons. The molecule has 0 saturated heterocycles. The van der Waals surface area contributed by atoms with Gasteiger partial charge in [-0.1, -0.05) is 42.5 Å². The van der Waals surface area contributed by atoms with Gasteiger partial charge in [-0.3, -0.25) is 4.79 Å². The molecular weight excluding hydrogens is 366 g/mol. The Morgan fingerprint density at radius 3 is 2.54 bits per heavy atom. The summed E-state index contributed by atoms with van der Waals surface area (Å²) >= 11 is 2.84. The van der Waals surface area contributed by atoms with E-state index in [1.165, 1.54) is 23.1 Å². The zero-order valence-electron chi connectivity index (χ0n) is 14.1. The van der Waals surface area contributed by atoms with Crippen LogP contribution in [0.5, 0.6) is 0 Å². The first-order valence-electron chi connectivity index (χ1n) is 7.92. The van der Waals surface area contributed by atoms with E-state index in [-0.39, 0.29) is 12.5 Å². The van der Waals surface area contributed by atoms with Crippen LogP contribution >= 0.6 is 23.1 Å². The number of thiophene rings is 1. The van der Waals surface area contributed by atoms with E-state index in [0.29, 0.717) is 10.6 Å². The summed E-state index contributed by atoms with van der Waals surface area (Å²) in [5.41, 5.74) is 2.47. The van der Waals surface area contributed by atoms with Crippen molar-refractivity contribution in [3.05, 3.63) is 70.9 Å². The number of para-hydroxylation sites is 1. The molecule has 0 aliphatic heterocycles. The van der Waals surface area contributed by atoms with Gasteiger partial charge >= 0.3 is 5.97 Å². The van der Waals surface area contributed by atoms with Gasteiger partial charge in [0.05, 0.1) is 5.69 Å². The molecule has 0 unspecified atom stereocenters. The number of carbonyl (C=O) groups excluding carboxylic acids is 2. The Bertz CT molecular complexity index is 906. The molecule has 0 aliphatic rings. The lowest BCUT2D eigenvalue weighted by Gasteiger charge is -2.10. The second kappa shape index (κ2) is 8.69. The summed E-state index contributed by atoms with van der Waals surface area (Å²) in [5, 5.41) is 4.62. The van der Waals surface area contributed by atoms with E-state index < -0.39 is 5.97 Å². The van der Waals surface area contributed by atoms with Crippen molar-refractivity contribution >= 4 is 40.7 Å². The largest absolute Gasteiger partial charge is 0.451 e. The summed E-state index contributed by atoms with van der Waals surface area (Å²) in [7, 11) is 0. The second-order valence-electron chi connectivity index (χ2n) is 5.35. The third kappa shape index (κ3) is 4.33. The molecule has 0 radical (unpaired) electrons. The molecule has 3 rings (SSSR count). The van der Waals surface area contributed by atoms with Gasteiger partial charge in [0.25, 0.3) is 5.91 Å². The first-order chi connectivity index (χ1) is 12.7. The standard InChI is InChI=1S/C20H17NO3S2/c1-25-17-10-6-5-9-16(17)21-18(22)13-24-20(23)19-15(11-12-26-19)14-7-3-2-4-8-14/h2-12H,13H2,1H3,(H,21,22). The third-order valence-corrected chi connectivity index (χ3v) is 5.34. The minimum absolute atomic E-state index is 0.326. The van der Waals surface area contributed by atoms with Crippen molar-refractivity contribution in [3.8, 4) is 11.1 Å². The Balaban J connectivity index is 1.63. The molecule has 1 heterocycles. The van der Waals surface area contributed by atoms with Gasteiger partial charge in [-0.05, 0) is 35.4 Å². The fraction of sp³-hybridized carbons (Fsp3) is 0.100. The van der Waals surface area contributed by atoms with Crippen molar-refractivity contribution in [2.75, 3.05) is 18.2 Å². The molecule has 2 aromatic carbocycles. The van der Waals surface area contributed by atoms with Crippen molar-refractivity contribution in [2.45, 2.75) is 4.90 Å². The van der Waals surface area contributed by atoms with E-state index in [0.717, 1.165) is 16.0 Å². The number of benzene rings is 2. The van der Waals surface area contributed by atoms with Gasteiger partial charge in [0.1, 0.15) is 4.88 Å². The maximum atomic E-state index is 12.4. The van der Waals surface area contributed by atoms with Gasteiger partial charge < -0.3 is 10.1 Å². The van der Waals surface area contributed by atoms with E-state index in [9.17, 15) is 9.59 Å². The maximum absolute atomic E-state index is 12.4. The van der Waals surface area contributed by atoms with Crippen LogP contribution in [0.3, 0.4) is 0 Å². The average molecular weight is 383 g/mol. The van der Waals surface area contributed by atoms with Crippen LogP contribution in [0.15, 0.2) is 70.9 Å². The lowest BCUT2D eigenvalue weighted by atomic mass is 10.1. The SMILES string of the molecule is CSc1ccccc1NC(=O)COC(=O)c1sccc1-c1ccccc1. The van der Waals surface area contributed by atoms with Gasteiger partial charge in [0.15, 0.2) is 6.61 Å². The van der Waals surface area contributed by atoms with Crippen molar-refractivity contribution in [2.24, 2.45) is 0 Å². The molecule has 0 spiro atoms.